The average molecular weight is 318 g/mol. The van der Waals surface area contributed by atoms with Crippen LogP contribution in [0, 0.1) is 11.8 Å². The quantitative estimate of drug-likeness (QED) is 0.597. The largest absolute Gasteiger partial charge is 0.350 e. The van der Waals surface area contributed by atoms with Gasteiger partial charge in [0.2, 0.25) is 5.91 Å². The summed E-state index contributed by atoms with van der Waals surface area (Å²) in [5.74, 6) is 1.45. The molecule has 0 spiro atoms. The first-order valence-electron chi connectivity index (χ1n) is 7.89. The molecule has 0 aliphatic heterocycles. The van der Waals surface area contributed by atoms with Crippen molar-refractivity contribution in [2.24, 2.45) is 11.8 Å². The van der Waals surface area contributed by atoms with E-state index in [1.165, 1.54) is 5.56 Å². The lowest BCUT2D eigenvalue weighted by atomic mass is 10.1. The van der Waals surface area contributed by atoms with Crippen molar-refractivity contribution in [2.75, 3.05) is 0 Å². The first kappa shape index (κ1) is 16.8. The highest BCUT2D eigenvalue weighted by Crippen LogP contribution is 2.50. The summed E-state index contributed by atoms with van der Waals surface area (Å²) in [6.45, 7) is 6.21. The van der Waals surface area contributed by atoms with Crippen LogP contribution >= 0.6 is 11.6 Å². The van der Waals surface area contributed by atoms with E-state index in [0.717, 1.165) is 11.4 Å². The lowest BCUT2D eigenvalue weighted by Gasteiger charge is -2.15. The third kappa shape index (κ3) is 4.74. The van der Waals surface area contributed by atoms with Crippen LogP contribution < -0.4 is 5.32 Å². The van der Waals surface area contributed by atoms with E-state index in [2.05, 4.69) is 31.3 Å². The van der Waals surface area contributed by atoms with E-state index in [-0.39, 0.29) is 11.9 Å². The lowest BCUT2D eigenvalue weighted by molar-refractivity contribution is -0.117. The number of rotatable bonds is 6. The SMILES string of the molecule is CC(C)C(C)NC(=O)/C=C/C=C/[C@@H]1C[C@H]1c1ccccc1Cl. The van der Waals surface area contributed by atoms with Crippen LogP contribution in [0.5, 0.6) is 0 Å². The first-order chi connectivity index (χ1) is 10.5. The van der Waals surface area contributed by atoms with Gasteiger partial charge >= 0.3 is 0 Å². The maximum absolute atomic E-state index is 11.7. The van der Waals surface area contributed by atoms with Crippen molar-refractivity contribution >= 4 is 17.5 Å². The predicted molar refractivity (Wildman–Crippen MR) is 93.0 cm³/mol. The van der Waals surface area contributed by atoms with Crippen molar-refractivity contribution in [3.63, 3.8) is 0 Å². The monoisotopic (exact) mass is 317 g/mol. The Labute approximate surface area is 138 Å². The second-order valence-electron chi connectivity index (χ2n) is 6.31. The summed E-state index contributed by atoms with van der Waals surface area (Å²) in [7, 11) is 0. The van der Waals surface area contributed by atoms with E-state index in [1.54, 1.807) is 6.08 Å². The molecule has 3 heteroatoms. The Morgan fingerprint density at radius 2 is 2.00 bits per heavy atom. The standard InChI is InChI=1S/C19H24ClNO/c1-13(2)14(3)21-19(22)11-7-4-8-15-12-17(15)16-9-5-6-10-18(16)20/h4-11,13-15,17H,12H2,1-3H3,(H,21,22)/b8-4+,11-7+/t14?,15-,17-/m1/s1. The van der Waals surface area contributed by atoms with Gasteiger partial charge in [-0.05, 0) is 42.7 Å². The van der Waals surface area contributed by atoms with Gasteiger partial charge in [0, 0.05) is 17.1 Å². The second kappa shape index (κ2) is 7.64. The van der Waals surface area contributed by atoms with Crippen LogP contribution in [0.15, 0.2) is 48.6 Å². The van der Waals surface area contributed by atoms with Gasteiger partial charge in [-0.2, -0.15) is 0 Å². The molecule has 2 nitrogen and oxygen atoms in total. The zero-order chi connectivity index (χ0) is 16.1. The summed E-state index contributed by atoms with van der Waals surface area (Å²) in [5.41, 5.74) is 1.23. The second-order valence-corrected chi connectivity index (χ2v) is 6.72. The summed E-state index contributed by atoms with van der Waals surface area (Å²) >= 11 is 6.21. The summed E-state index contributed by atoms with van der Waals surface area (Å²) in [4.78, 5) is 11.7. The molecule has 3 atom stereocenters. The van der Waals surface area contributed by atoms with Crippen LogP contribution in [0.1, 0.15) is 38.7 Å². The van der Waals surface area contributed by atoms with Crippen molar-refractivity contribution in [1.82, 2.24) is 5.32 Å². The zero-order valence-electron chi connectivity index (χ0n) is 13.4. The molecule has 1 amide bonds. The summed E-state index contributed by atoms with van der Waals surface area (Å²) in [5, 5.41) is 3.80. The molecule has 118 valence electrons. The molecule has 22 heavy (non-hydrogen) atoms. The highest BCUT2D eigenvalue weighted by Gasteiger charge is 2.36. The van der Waals surface area contributed by atoms with Gasteiger partial charge in [0.1, 0.15) is 0 Å². The van der Waals surface area contributed by atoms with Gasteiger partial charge < -0.3 is 5.32 Å². The molecule has 0 heterocycles. The van der Waals surface area contributed by atoms with Crippen LogP contribution in [0.25, 0.3) is 0 Å². The minimum atomic E-state index is -0.0377. The Kier molecular flexibility index (Phi) is 5.84. The van der Waals surface area contributed by atoms with Crippen molar-refractivity contribution < 1.29 is 4.79 Å². The predicted octanol–water partition coefficient (Wildman–Crippen LogP) is 4.72. The third-order valence-corrected chi connectivity index (χ3v) is 4.58. The smallest absolute Gasteiger partial charge is 0.244 e. The van der Waals surface area contributed by atoms with E-state index in [0.29, 0.717) is 17.8 Å². The molecule has 1 aliphatic rings. The van der Waals surface area contributed by atoms with Crippen molar-refractivity contribution in [3.05, 3.63) is 59.2 Å². The number of hydrogen-bond acceptors (Lipinski definition) is 1. The fourth-order valence-electron chi connectivity index (χ4n) is 2.35. The van der Waals surface area contributed by atoms with Crippen LogP contribution in [-0.2, 0) is 4.79 Å². The van der Waals surface area contributed by atoms with Crippen molar-refractivity contribution in [1.29, 1.82) is 0 Å². The molecule has 1 aliphatic carbocycles. The fraction of sp³-hybridized carbons (Fsp3) is 0.421. The van der Waals surface area contributed by atoms with E-state index >= 15 is 0 Å². The molecule has 1 saturated carbocycles. The van der Waals surface area contributed by atoms with Crippen LogP contribution in [0.2, 0.25) is 5.02 Å². The molecule has 1 aromatic carbocycles. The van der Waals surface area contributed by atoms with Crippen molar-refractivity contribution in [3.8, 4) is 0 Å². The van der Waals surface area contributed by atoms with Crippen LogP contribution in [0.3, 0.4) is 0 Å². The van der Waals surface area contributed by atoms with Crippen LogP contribution in [0.4, 0.5) is 0 Å². The number of hydrogen-bond donors (Lipinski definition) is 1. The van der Waals surface area contributed by atoms with Crippen molar-refractivity contribution in [2.45, 2.75) is 39.2 Å². The Hall–Kier alpha value is -1.54. The Morgan fingerprint density at radius 3 is 2.68 bits per heavy atom. The number of nitrogens with one attached hydrogen (secondary N) is 1. The molecule has 0 saturated heterocycles. The maximum atomic E-state index is 11.7. The Balaban J connectivity index is 1.79. The Morgan fingerprint density at radius 1 is 1.27 bits per heavy atom. The van der Waals surface area contributed by atoms with Gasteiger partial charge in [-0.15, -0.1) is 0 Å². The molecule has 0 radical (unpaired) electrons. The normalized spacial score (nSPS) is 22.4. The first-order valence-corrected chi connectivity index (χ1v) is 8.26. The van der Waals surface area contributed by atoms with Gasteiger partial charge in [0.05, 0.1) is 0 Å². The van der Waals surface area contributed by atoms with Gasteiger partial charge in [0.15, 0.2) is 0 Å². The minimum absolute atomic E-state index is 0.0377. The third-order valence-electron chi connectivity index (χ3n) is 4.23. The fourth-order valence-corrected chi connectivity index (χ4v) is 2.63. The van der Waals surface area contributed by atoms with Gasteiger partial charge in [-0.1, -0.05) is 61.9 Å². The molecule has 0 aromatic heterocycles. The number of allylic oxidation sites excluding steroid dienone is 3. The Bertz CT molecular complexity index is 577. The maximum Gasteiger partial charge on any atom is 0.244 e. The van der Waals surface area contributed by atoms with E-state index < -0.39 is 0 Å². The van der Waals surface area contributed by atoms with Gasteiger partial charge in [0.25, 0.3) is 0 Å². The number of amides is 1. The highest BCUT2D eigenvalue weighted by atomic mass is 35.5. The molecular weight excluding hydrogens is 294 g/mol. The van der Waals surface area contributed by atoms with E-state index in [9.17, 15) is 4.79 Å². The molecule has 1 N–H and O–H groups in total. The topological polar surface area (TPSA) is 29.1 Å². The van der Waals surface area contributed by atoms with Crippen LogP contribution in [-0.4, -0.2) is 11.9 Å². The summed E-state index contributed by atoms with van der Waals surface area (Å²) < 4.78 is 0. The minimum Gasteiger partial charge on any atom is -0.350 e. The molecule has 1 fully saturated rings. The lowest BCUT2D eigenvalue weighted by Crippen LogP contribution is -2.34. The number of carbonyl (C=O) groups is 1. The summed E-state index contributed by atoms with van der Waals surface area (Å²) in [6.07, 6.45) is 8.64. The summed E-state index contributed by atoms with van der Waals surface area (Å²) in [6, 6.07) is 8.21. The average Bonchev–Trinajstić information content (AvgIpc) is 3.23. The number of halogens is 1. The van der Waals surface area contributed by atoms with Gasteiger partial charge in [-0.25, -0.2) is 0 Å². The highest BCUT2D eigenvalue weighted by molar-refractivity contribution is 6.31. The van der Waals surface area contributed by atoms with Gasteiger partial charge in [-0.3, -0.25) is 4.79 Å². The molecule has 2 rings (SSSR count). The number of benzene rings is 1. The molecule has 0 bridgehead atoms. The molecule has 1 unspecified atom stereocenters. The van der Waals surface area contributed by atoms with E-state index in [1.807, 2.05) is 37.3 Å². The molecular formula is C19H24ClNO. The van der Waals surface area contributed by atoms with E-state index in [4.69, 9.17) is 11.6 Å². The number of carbonyl (C=O) groups excluding carboxylic acids is 1. The zero-order valence-corrected chi connectivity index (χ0v) is 14.2. The molecule has 1 aromatic rings.